The molecule has 0 aliphatic rings. The van der Waals surface area contributed by atoms with Crippen LogP contribution in [0.3, 0.4) is 0 Å². The van der Waals surface area contributed by atoms with Crippen LogP contribution in [0.1, 0.15) is 13.3 Å². The first kappa shape index (κ1) is 16.8. The molecule has 3 N–H and O–H groups in total. The maximum absolute atomic E-state index is 10.2. The molecule has 5 heteroatoms. The first-order chi connectivity index (χ1) is 3.81. The molecule has 0 amide bonds. The monoisotopic (exact) mass is 225 g/mol. The van der Waals surface area contributed by atoms with Crippen LogP contribution in [0.5, 0.6) is 0 Å². The van der Waals surface area contributed by atoms with Gasteiger partial charge in [-0.25, -0.2) is 0 Å². The quantitative estimate of drug-likeness (QED) is 0.632. The zero-order valence-corrected chi connectivity index (χ0v) is 8.80. The second kappa shape index (κ2) is 12.2. The number of aliphatic hydroxyl groups excluding tert-OH is 1. The number of hydrogen-bond donors (Lipinski definition) is 1. The zero-order chi connectivity index (χ0) is 6.41. The number of rotatable bonds is 3. The Balaban J connectivity index is -0.000000245. The van der Waals surface area contributed by atoms with E-state index in [-0.39, 0.29) is 57.4 Å². The van der Waals surface area contributed by atoms with Crippen molar-refractivity contribution in [3.8, 4) is 0 Å². The van der Waals surface area contributed by atoms with Crippen LogP contribution in [-0.2, 0) is 42.2 Å². The summed E-state index contributed by atoms with van der Waals surface area (Å²) in [6.45, 7) is 1.73. The van der Waals surface area contributed by atoms with Crippen molar-refractivity contribution < 1.29 is 52.8 Å². The zero-order valence-electron chi connectivity index (χ0n) is 5.96. The summed E-state index contributed by atoms with van der Waals surface area (Å²) in [4.78, 5) is 10.2. The Labute approximate surface area is 85.1 Å². The van der Waals surface area contributed by atoms with Gasteiger partial charge >= 0.3 is 5.97 Å². The van der Waals surface area contributed by atoms with Gasteiger partial charge in [0.05, 0.1) is 6.61 Å². The molecule has 0 unspecified atom stereocenters. The first-order valence-electron chi connectivity index (χ1n) is 2.57. The summed E-state index contributed by atoms with van der Waals surface area (Å²) < 4.78 is 4.45. The van der Waals surface area contributed by atoms with Gasteiger partial charge in [-0.15, -0.1) is 0 Å². The minimum Gasteiger partial charge on any atom is -0.463 e. The van der Waals surface area contributed by atoms with E-state index in [2.05, 4.69) is 4.74 Å². The van der Waals surface area contributed by atoms with E-state index in [1.807, 2.05) is 0 Å². The van der Waals surface area contributed by atoms with E-state index in [0.717, 1.165) is 0 Å². The maximum Gasteiger partial charge on any atom is 0.305 e. The van der Waals surface area contributed by atoms with E-state index >= 15 is 0 Å². The third-order valence-electron chi connectivity index (χ3n) is 0.643. The smallest absolute Gasteiger partial charge is 0.305 e. The molecule has 0 aromatic heterocycles. The number of carbonyl (C=O) groups excluding carboxylic acids is 1. The van der Waals surface area contributed by atoms with E-state index in [1.165, 1.54) is 0 Å². The second-order valence-electron chi connectivity index (χ2n) is 1.30. The summed E-state index contributed by atoms with van der Waals surface area (Å²) in [5.41, 5.74) is 0. The van der Waals surface area contributed by atoms with Crippen LogP contribution in [-0.4, -0.2) is 29.8 Å². The molecule has 0 heterocycles. The Hall–Kier alpha value is 0.494. The maximum atomic E-state index is 10.2. The van der Waals surface area contributed by atoms with Crippen LogP contribution in [0.4, 0.5) is 0 Å². The van der Waals surface area contributed by atoms with Crippen molar-refractivity contribution in [3.05, 3.63) is 0 Å². The summed E-state index contributed by atoms with van der Waals surface area (Å²) in [5.74, 6) is -0.265. The standard InChI is InChI=1S/C5H10O3.H2O.Y/c1-2-5(7)8-4-3-6;;/h6H,2-4H2,1H3;1H2;. The van der Waals surface area contributed by atoms with E-state index < -0.39 is 0 Å². The number of ether oxygens (including phenoxy) is 1. The molecule has 0 bridgehead atoms. The molecular weight excluding hydrogens is 213 g/mol. The van der Waals surface area contributed by atoms with E-state index in [1.54, 1.807) is 6.92 Å². The molecule has 0 aromatic rings. The average Bonchev–Trinajstić information content (AvgIpc) is 1.83. The van der Waals surface area contributed by atoms with E-state index in [4.69, 9.17) is 5.11 Å². The van der Waals surface area contributed by atoms with Gasteiger partial charge in [0, 0.05) is 39.1 Å². The van der Waals surface area contributed by atoms with Gasteiger partial charge < -0.3 is 15.3 Å². The number of hydrogen-bond acceptors (Lipinski definition) is 3. The predicted molar refractivity (Wildman–Crippen MR) is 31.9 cm³/mol. The molecule has 0 aliphatic heterocycles. The summed E-state index contributed by atoms with van der Waals surface area (Å²) in [6, 6.07) is 0. The third-order valence-corrected chi connectivity index (χ3v) is 0.643. The third kappa shape index (κ3) is 11.3. The van der Waals surface area contributed by atoms with Gasteiger partial charge in [-0.05, 0) is 0 Å². The van der Waals surface area contributed by atoms with Crippen molar-refractivity contribution in [3.63, 3.8) is 0 Å². The fourth-order valence-corrected chi connectivity index (χ4v) is 0.262. The second-order valence-corrected chi connectivity index (χ2v) is 1.30. The first-order valence-corrected chi connectivity index (χ1v) is 2.57. The molecule has 0 rings (SSSR count). The van der Waals surface area contributed by atoms with Crippen LogP contribution >= 0.6 is 0 Å². The molecule has 4 nitrogen and oxygen atoms in total. The number of carbonyl (C=O) groups is 1. The molecule has 0 fully saturated rings. The number of esters is 1. The SMILES string of the molecule is CCC(=O)OCCO.O.[Y]. The molecule has 10 heavy (non-hydrogen) atoms. The van der Waals surface area contributed by atoms with Crippen LogP contribution in [0, 0.1) is 0 Å². The predicted octanol–water partition coefficient (Wildman–Crippen LogP) is -0.895. The van der Waals surface area contributed by atoms with Crippen molar-refractivity contribution in [1.29, 1.82) is 0 Å². The van der Waals surface area contributed by atoms with Gasteiger partial charge in [0.2, 0.25) is 0 Å². The molecule has 0 aliphatic carbocycles. The Kier molecular flexibility index (Phi) is 20.5. The van der Waals surface area contributed by atoms with Crippen LogP contribution < -0.4 is 0 Å². The summed E-state index contributed by atoms with van der Waals surface area (Å²) >= 11 is 0. The molecule has 59 valence electrons. The molecule has 0 atom stereocenters. The molecule has 0 saturated carbocycles. The minimum absolute atomic E-state index is 0. The van der Waals surface area contributed by atoms with Crippen molar-refractivity contribution in [2.45, 2.75) is 13.3 Å². The fourth-order valence-electron chi connectivity index (χ4n) is 0.262. The van der Waals surface area contributed by atoms with Gasteiger partial charge in [0.25, 0.3) is 0 Å². The molecule has 0 spiro atoms. The number of aliphatic hydroxyl groups is 1. The largest absolute Gasteiger partial charge is 0.463 e. The average molecular weight is 225 g/mol. The Bertz CT molecular complexity index is 76.0. The normalized spacial score (nSPS) is 7.00. The van der Waals surface area contributed by atoms with Crippen molar-refractivity contribution in [2.75, 3.05) is 13.2 Å². The Morgan fingerprint density at radius 2 is 2.10 bits per heavy atom. The van der Waals surface area contributed by atoms with E-state index in [9.17, 15) is 4.79 Å². The van der Waals surface area contributed by atoms with Gasteiger partial charge in [-0.1, -0.05) is 6.92 Å². The topological polar surface area (TPSA) is 78.0 Å². The van der Waals surface area contributed by atoms with Gasteiger partial charge in [-0.3, -0.25) is 4.79 Å². The van der Waals surface area contributed by atoms with Crippen molar-refractivity contribution >= 4 is 5.97 Å². The van der Waals surface area contributed by atoms with Crippen LogP contribution in [0.15, 0.2) is 0 Å². The fraction of sp³-hybridized carbons (Fsp3) is 0.800. The minimum atomic E-state index is -0.265. The Morgan fingerprint density at radius 1 is 1.60 bits per heavy atom. The summed E-state index contributed by atoms with van der Waals surface area (Å²) in [5, 5.41) is 8.13. The van der Waals surface area contributed by atoms with E-state index in [0.29, 0.717) is 6.42 Å². The molecule has 1 radical (unpaired) electrons. The molecule has 0 saturated heterocycles. The molecule has 0 aromatic carbocycles. The van der Waals surface area contributed by atoms with Crippen LogP contribution in [0.25, 0.3) is 0 Å². The summed E-state index contributed by atoms with van der Waals surface area (Å²) in [7, 11) is 0. The van der Waals surface area contributed by atoms with Gasteiger partial charge in [0.1, 0.15) is 6.61 Å². The van der Waals surface area contributed by atoms with Gasteiger partial charge in [-0.2, -0.15) is 0 Å². The van der Waals surface area contributed by atoms with Crippen LogP contribution in [0.2, 0.25) is 0 Å². The molecular formula is C5H12O4Y. The summed E-state index contributed by atoms with van der Waals surface area (Å²) in [6.07, 6.45) is 0.375. The van der Waals surface area contributed by atoms with Crippen molar-refractivity contribution in [2.24, 2.45) is 0 Å². The Morgan fingerprint density at radius 3 is 2.40 bits per heavy atom. The van der Waals surface area contributed by atoms with Crippen molar-refractivity contribution in [1.82, 2.24) is 0 Å². The van der Waals surface area contributed by atoms with Gasteiger partial charge in [0.15, 0.2) is 0 Å².